The number of rotatable bonds is 5. The number of furan rings is 1. The number of benzene rings is 2. The lowest BCUT2D eigenvalue weighted by molar-refractivity contribution is -0.137. The molecule has 5 nitrogen and oxygen atoms in total. The van der Waals surface area contributed by atoms with Gasteiger partial charge in [-0.05, 0) is 54.4 Å². The second-order valence-electron chi connectivity index (χ2n) is 6.62. The molecule has 0 aliphatic carbocycles. The third kappa shape index (κ3) is 3.67. The monoisotopic (exact) mass is 410 g/mol. The molecular weight excluding hydrogens is 395 g/mol. The van der Waals surface area contributed by atoms with Crippen molar-refractivity contribution in [3.05, 3.63) is 94.3 Å². The molecule has 0 atom stereocenters. The molecule has 1 aliphatic rings. The van der Waals surface area contributed by atoms with E-state index in [0.717, 1.165) is 10.5 Å². The maximum atomic E-state index is 13.4. The van der Waals surface area contributed by atoms with Gasteiger partial charge in [0.1, 0.15) is 17.3 Å². The van der Waals surface area contributed by atoms with Crippen molar-refractivity contribution in [3.63, 3.8) is 0 Å². The Hall–Kier alpha value is -3.38. The Morgan fingerprint density at radius 1 is 1.07 bits per heavy atom. The molecule has 1 N–H and O–H groups in total. The summed E-state index contributed by atoms with van der Waals surface area (Å²) < 4.78 is 18.7. The maximum Gasteiger partial charge on any atom is 0.278 e. The number of hydrogen-bond acceptors (Lipinski definition) is 4. The number of nitrogens with zero attached hydrogens (tertiary/aromatic N) is 1. The molecular formula is C22H16ClFN2O3. The Bertz CT molecular complexity index is 1120. The predicted octanol–water partition coefficient (Wildman–Crippen LogP) is 4.77. The molecule has 146 valence electrons. The number of anilines is 1. The highest BCUT2D eigenvalue weighted by molar-refractivity contribution is 6.36. The Balaban J connectivity index is 1.76. The third-order valence-electron chi connectivity index (χ3n) is 4.64. The van der Waals surface area contributed by atoms with Crippen LogP contribution < -0.4 is 5.32 Å². The van der Waals surface area contributed by atoms with E-state index in [0.29, 0.717) is 22.0 Å². The third-order valence-corrected chi connectivity index (χ3v) is 5.04. The topological polar surface area (TPSA) is 62.6 Å². The van der Waals surface area contributed by atoms with Gasteiger partial charge in [-0.15, -0.1) is 0 Å². The SMILES string of the molecule is Cc1ccc(NC2=C(c3ccc(F)cc3)C(=O)N(Cc3ccco3)C2=O)cc1Cl. The lowest BCUT2D eigenvalue weighted by atomic mass is 10.0. The fraction of sp³-hybridized carbons (Fsp3) is 0.0909. The Morgan fingerprint density at radius 3 is 2.48 bits per heavy atom. The van der Waals surface area contributed by atoms with E-state index >= 15 is 0 Å². The summed E-state index contributed by atoms with van der Waals surface area (Å²) in [6, 6.07) is 14.1. The average Bonchev–Trinajstić information content (AvgIpc) is 3.29. The molecule has 3 aromatic rings. The molecule has 0 saturated carbocycles. The number of amides is 2. The highest BCUT2D eigenvalue weighted by atomic mass is 35.5. The normalized spacial score (nSPS) is 14.1. The van der Waals surface area contributed by atoms with E-state index in [1.54, 1.807) is 24.3 Å². The number of halogens is 2. The van der Waals surface area contributed by atoms with Crippen molar-refractivity contribution in [2.45, 2.75) is 13.5 Å². The second-order valence-corrected chi connectivity index (χ2v) is 7.03. The highest BCUT2D eigenvalue weighted by Crippen LogP contribution is 2.32. The molecule has 0 saturated heterocycles. The van der Waals surface area contributed by atoms with Gasteiger partial charge in [0.2, 0.25) is 0 Å². The van der Waals surface area contributed by atoms with Crippen molar-refractivity contribution in [2.75, 3.05) is 5.32 Å². The van der Waals surface area contributed by atoms with Crippen molar-refractivity contribution in [3.8, 4) is 0 Å². The van der Waals surface area contributed by atoms with Gasteiger partial charge in [0, 0.05) is 10.7 Å². The lowest BCUT2D eigenvalue weighted by Crippen LogP contribution is -2.31. The quantitative estimate of drug-likeness (QED) is 0.615. The van der Waals surface area contributed by atoms with Gasteiger partial charge < -0.3 is 9.73 Å². The van der Waals surface area contributed by atoms with E-state index in [1.165, 1.54) is 30.5 Å². The number of carbonyl (C=O) groups is 2. The first kappa shape index (κ1) is 19.0. The number of nitrogens with one attached hydrogen (secondary N) is 1. The van der Waals surface area contributed by atoms with Crippen LogP contribution in [0.25, 0.3) is 5.57 Å². The molecule has 0 bridgehead atoms. The van der Waals surface area contributed by atoms with Crippen LogP contribution in [0.5, 0.6) is 0 Å². The number of carbonyl (C=O) groups excluding carboxylic acids is 2. The summed E-state index contributed by atoms with van der Waals surface area (Å²) in [6.07, 6.45) is 1.47. The van der Waals surface area contributed by atoms with E-state index in [9.17, 15) is 14.0 Å². The number of aryl methyl sites for hydroxylation is 1. The Labute approximate surface area is 171 Å². The number of imide groups is 1. The van der Waals surface area contributed by atoms with E-state index in [-0.39, 0.29) is 17.8 Å². The summed E-state index contributed by atoms with van der Waals surface area (Å²) in [6.45, 7) is 1.86. The zero-order chi connectivity index (χ0) is 20.5. The summed E-state index contributed by atoms with van der Waals surface area (Å²) >= 11 is 6.19. The van der Waals surface area contributed by atoms with Crippen LogP contribution in [0.3, 0.4) is 0 Å². The van der Waals surface area contributed by atoms with E-state index in [1.807, 2.05) is 13.0 Å². The van der Waals surface area contributed by atoms with Crippen LogP contribution >= 0.6 is 11.6 Å². The van der Waals surface area contributed by atoms with Crippen LogP contribution in [0.4, 0.5) is 10.1 Å². The van der Waals surface area contributed by atoms with Gasteiger partial charge in [0.15, 0.2) is 0 Å². The first-order valence-electron chi connectivity index (χ1n) is 8.86. The van der Waals surface area contributed by atoms with Gasteiger partial charge in [-0.1, -0.05) is 29.8 Å². The zero-order valence-corrected chi connectivity index (χ0v) is 16.2. The summed E-state index contributed by atoms with van der Waals surface area (Å²) in [7, 11) is 0. The molecule has 0 radical (unpaired) electrons. The molecule has 1 aliphatic heterocycles. The van der Waals surface area contributed by atoms with Crippen molar-refractivity contribution >= 4 is 34.7 Å². The van der Waals surface area contributed by atoms with Crippen molar-refractivity contribution in [1.29, 1.82) is 0 Å². The van der Waals surface area contributed by atoms with Gasteiger partial charge in [-0.2, -0.15) is 0 Å². The van der Waals surface area contributed by atoms with Gasteiger partial charge in [-0.25, -0.2) is 4.39 Å². The minimum absolute atomic E-state index is 0.00477. The summed E-state index contributed by atoms with van der Waals surface area (Å²) in [5.41, 5.74) is 2.16. The average molecular weight is 411 g/mol. The highest BCUT2D eigenvalue weighted by Gasteiger charge is 2.39. The van der Waals surface area contributed by atoms with Crippen molar-refractivity contribution in [2.24, 2.45) is 0 Å². The molecule has 29 heavy (non-hydrogen) atoms. The van der Waals surface area contributed by atoms with Gasteiger partial charge >= 0.3 is 0 Å². The minimum Gasteiger partial charge on any atom is -0.467 e. The van der Waals surface area contributed by atoms with Crippen LogP contribution in [0.1, 0.15) is 16.9 Å². The standard InChI is InChI=1S/C22H16ClFN2O3/c1-13-4-9-16(11-18(13)23)25-20-19(14-5-7-15(24)8-6-14)21(27)26(22(20)28)12-17-3-2-10-29-17/h2-11,25H,12H2,1H3. The van der Waals surface area contributed by atoms with E-state index in [2.05, 4.69) is 5.32 Å². The fourth-order valence-corrected chi connectivity index (χ4v) is 3.27. The molecule has 1 aromatic heterocycles. The van der Waals surface area contributed by atoms with Crippen LogP contribution in [0.15, 0.2) is 71.0 Å². The maximum absolute atomic E-state index is 13.4. The van der Waals surface area contributed by atoms with Crippen molar-refractivity contribution < 1.29 is 18.4 Å². The van der Waals surface area contributed by atoms with Gasteiger partial charge in [-0.3, -0.25) is 14.5 Å². The molecule has 4 rings (SSSR count). The fourth-order valence-electron chi connectivity index (χ4n) is 3.09. The van der Waals surface area contributed by atoms with Gasteiger partial charge in [0.25, 0.3) is 11.8 Å². The first-order valence-corrected chi connectivity index (χ1v) is 9.24. The Kier molecular flexibility index (Phi) is 4.94. The van der Waals surface area contributed by atoms with E-state index < -0.39 is 17.6 Å². The molecule has 2 heterocycles. The second kappa shape index (κ2) is 7.56. The summed E-state index contributed by atoms with van der Waals surface area (Å²) in [5.74, 6) is -0.940. The first-order chi connectivity index (χ1) is 13.9. The van der Waals surface area contributed by atoms with Crippen LogP contribution in [-0.2, 0) is 16.1 Å². The smallest absolute Gasteiger partial charge is 0.278 e. The lowest BCUT2D eigenvalue weighted by Gasteiger charge is -2.14. The predicted molar refractivity (Wildman–Crippen MR) is 107 cm³/mol. The molecule has 0 unspecified atom stereocenters. The number of hydrogen-bond donors (Lipinski definition) is 1. The molecule has 2 aromatic carbocycles. The largest absolute Gasteiger partial charge is 0.467 e. The minimum atomic E-state index is -0.498. The van der Waals surface area contributed by atoms with Gasteiger partial charge in [0.05, 0.1) is 18.4 Å². The van der Waals surface area contributed by atoms with Crippen molar-refractivity contribution in [1.82, 2.24) is 4.90 Å². The zero-order valence-electron chi connectivity index (χ0n) is 15.4. The van der Waals surface area contributed by atoms with Crippen LogP contribution in [-0.4, -0.2) is 16.7 Å². The summed E-state index contributed by atoms with van der Waals surface area (Å²) in [5, 5.41) is 3.55. The summed E-state index contributed by atoms with van der Waals surface area (Å²) in [4.78, 5) is 27.3. The Morgan fingerprint density at radius 2 is 1.83 bits per heavy atom. The van der Waals surface area contributed by atoms with E-state index in [4.69, 9.17) is 16.0 Å². The molecule has 7 heteroatoms. The molecule has 0 fully saturated rings. The van der Waals surface area contributed by atoms with Crippen LogP contribution in [0.2, 0.25) is 5.02 Å². The van der Waals surface area contributed by atoms with Crippen LogP contribution in [0, 0.1) is 12.7 Å². The molecule has 0 spiro atoms. The molecule has 2 amide bonds.